The van der Waals surface area contributed by atoms with Gasteiger partial charge in [0, 0.05) is 17.5 Å². The van der Waals surface area contributed by atoms with Crippen molar-refractivity contribution in [3.05, 3.63) is 42.7 Å². The van der Waals surface area contributed by atoms with Gasteiger partial charge in [0.25, 0.3) is 0 Å². The first-order chi connectivity index (χ1) is 11.7. The number of benzene rings is 2. The first kappa shape index (κ1) is 15.9. The molecule has 0 saturated heterocycles. The summed E-state index contributed by atoms with van der Waals surface area (Å²) in [6, 6.07) is 11.4. The lowest BCUT2D eigenvalue weighted by Crippen LogP contribution is -2.03. The fourth-order valence-corrected chi connectivity index (χ4v) is 2.46. The number of fused-ring (bicyclic) bond motifs is 1. The van der Waals surface area contributed by atoms with Crippen molar-refractivity contribution in [3.63, 3.8) is 0 Å². The molecule has 0 unspecified atom stereocenters. The monoisotopic (exact) mass is 324 g/mol. The van der Waals surface area contributed by atoms with Crippen LogP contribution in [0, 0.1) is 0 Å². The van der Waals surface area contributed by atoms with Crippen LogP contribution >= 0.6 is 0 Å². The average Bonchev–Trinajstić information content (AvgIpc) is 2.59. The van der Waals surface area contributed by atoms with E-state index in [4.69, 9.17) is 15.2 Å². The van der Waals surface area contributed by atoms with E-state index in [1.165, 1.54) is 6.33 Å². The number of nitrogens with one attached hydrogen (secondary N) is 1. The van der Waals surface area contributed by atoms with Crippen molar-refractivity contribution in [1.29, 1.82) is 0 Å². The Morgan fingerprint density at radius 3 is 2.54 bits per heavy atom. The summed E-state index contributed by atoms with van der Waals surface area (Å²) in [6.45, 7) is 4.91. The van der Waals surface area contributed by atoms with Crippen LogP contribution in [0.25, 0.3) is 10.9 Å². The number of para-hydroxylation sites is 1. The fourth-order valence-electron chi connectivity index (χ4n) is 2.46. The van der Waals surface area contributed by atoms with Crippen molar-refractivity contribution in [2.24, 2.45) is 0 Å². The third-order valence-corrected chi connectivity index (χ3v) is 3.51. The summed E-state index contributed by atoms with van der Waals surface area (Å²) in [7, 11) is 0. The number of hydrogen-bond acceptors (Lipinski definition) is 6. The lowest BCUT2D eigenvalue weighted by atomic mass is 10.2. The topological polar surface area (TPSA) is 82.3 Å². The van der Waals surface area contributed by atoms with Crippen molar-refractivity contribution >= 4 is 28.1 Å². The maximum absolute atomic E-state index is 6.03. The van der Waals surface area contributed by atoms with E-state index >= 15 is 0 Å². The van der Waals surface area contributed by atoms with E-state index in [1.807, 2.05) is 44.2 Å². The second-order valence-corrected chi connectivity index (χ2v) is 5.12. The Hall–Kier alpha value is -3.02. The summed E-state index contributed by atoms with van der Waals surface area (Å²) < 4.78 is 11.3. The smallest absolute Gasteiger partial charge is 0.145 e. The van der Waals surface area contributed by atoms with Crippen LogP contribution in [0.1, 0.15) is 13.8 Å². The Morgan fingerprint density at radius 1 is 1.00 bits per heavy atom. The second kappa shape index (κ2) is 7.04. The fraction of sp³-hybridized carbons (Fsp3) is 0.222. The van der Waals surface area contributed by atoms with Gasteiger partial charge < -0.3 is 20.5 Å². The standard InChI is InChI=1S/C18H20N4O2/c1-3-23-16-10-15(17(24-4-2)9-13(16)19)22-18-12-7-5-6-8-14(12)20-11-21-18/h5-11H,3-4,19H2,1-2H3,(H,20,21,22). The van der Waals surface area contributed by atoms with Crippen LogP contribution in [0.15, 0.2) is 42.7 Å². The first-order valence-corrected chi connectivity index (χ1v) is 7.88. The molecule has 0 amide bonds. The van der Waals surface area contributed by atoms with Crippen LogP contribution in [0.4, 0.5) is 17.2 Å². The van der Waals surface area contributed by atoms with Gasteiger partial charge in [0.15, 0.2) is 0 Å². The van der Waals surface area contributed by atoms with E-state index in [9.17, 15) is 0 Å². The summed E-state index contributed by atoms with van der Waals surface area (Å²) in [5, 5.41) is 4.24. The number of ether oxygens (including phenoxy) is 2. The van der Waals surface area contributed by atoms with Crippen molar-refractivity contribution in [3.8, 4) is 11.5 Å². The number of nitrogens with two attached hydrogens (primary N) is 1. The Kier molecular flexibility index (Phi) is 4.65. The maximum atomic E-state index is 6.03. The molecule has 0 aliphatic carbocycles. The average molecular weight is 324 g/mol. The molecular formula is C18H20N4O2. The second-order valence-electron chi connectivity index (χ2n) is 5.12. The summed E-state index contributed by atoms with van der Waals surface area (Å²) in [4.78, 5) is 8.63. The van der Waals surface area contributed by atoms with E-state index in [-0.39, 0.29) is 0 Å². The van der Waals surface area contributed by atoms with Crippen molar-refractivity contribution in [2.45, 2.75) is 13.8 Å². The molecule has 0 saturated carbocycles. The van der Waals surface area contributed by atoms with Crippen LogP contribution in [0.2, 0.25) is 0 Å². The zero-order valence-corrected chi connectivity index (χ0v) is 13.7. The van der Waals surface area contributed by atoms with E-state index in [1.54, 1.807) is 6.07 Å². The third kappa shape index (κ3) is 3.17. The van der Waals surface area contributed by atoms with Crippen molar-refractivity contribution in [2.75, 3.05) is 24.3 Å². The van der Waals surface area contributed by atoms with Gasteiger partial charge >= 0.3 is 0 Å². The maximum Gasteiger partial charge on any atom is 0.145 e. The molecule has 1 heterocycles. The zero-order chi connectivity index (χ0) is 16.9. The number of nitrogen functional groups attached to an aromatic ring is 1. The van der Waals surface area contributed by atoms with Gasteiger partial charge in [-0.15, -0.1) is 0 Å². The lowest BCUT2D eigenvalue weighted by molar-refractivity contribution is 0.333. The molecule has 0 atom stereocenters. The number of anilines is 3. The third-order valence-electron chi connectivity index (χ3n) is 3.51. The largest absolute Gasteiger partial charge is 0.492 e. The van der Waals surface area contributed by atoms with E-state index in [2.05, 4.69) is 15.3 Å². The molecule has 3 rings (SSSR count). The minimum Gasteiger partial charge on any atom is -0.492 e. The van der Waals surface area contributed by atoms with Crippen molar-refractivity contribution < 1.29 is 9.47 Å². The molecule has 0 fully saturated rings. The minimum absolute atomic E-state index is 0.534. The summed E-state index contributed by atoms with van der Waals surface area (Å²) in [6.07, 6.45) is 1.53. The van der Waals surface area contributed by atoms with Crippen LogP contribution in [-0.4, -0.2) is 23.2 Å². The van der Waals surface area contributed by atoms with Crippen LogP contribution in [-0.2, 0) is 0 Å². The first-order valence-electron chi connectivity index (χ1n) is 7.88. The van der Waals surface area contributed by atoms with Crippen LogP contribution in [0.5, 0.6) is 11.5 Å². The summed E-state index contributed by atoms with van der Waals surface area (Å²) >= 11 is 0. The highest BCUT2D eigenvalue weighted by atomic mass is 16.5. The van der Waals surface area contributed by atoms with Crippen molar-refractivity contribution in [1.82, 2.24) is 9.97 Å². The zero-order valence-electron chi connectivity index (χ0n) is 13.7. The van der Waals surface area contributed by atoms with Gasteiger partial charge in [-0.25, -0.2) is 9.97 Å². The molecule has 0 spiro atoms. The highest BCUT2D eigenvalue weighted by Crippen LogP contribution is 2.37. The minimum atomic E-state index is 0.534. The molecule has 0 aliphatic rings. The quantitative estimate of drug-likeness (QED) is 0.672. The lowest BCUT2D eigenvalue weighted by Gasteiger charge is -2.16. The number of hydrogen-bond donors (Lipinski definition) is 2. The Labute approximate surface area is 140 Å². The predicted molar refractivity (Wildman–Crippen MR) is 96.0 cm³/mol. The molecule has 0 aliphatic heterocycles. The van der Waals surface area contributed by atoms with Gasteiger partial charge in [0.1, 0.15) is 23.6 Å². The Morgan fingerprint density at radius 2 is 1.75 bits per heavy atom. The Balaban J connectivity index is 2.05. The molecule has 6 heteroatoms. The molecule has 6 nitrogen and oxygen atoms in total. The molecule has 1 aromatic heterocycles. The van der Waals surface area contributed by atoms with Gasteiger partial charge in [0.2, 0.25) is 0 Å². The van der Waals surface area contributed by atoms with Crippen LogP contribution < -0.4 is 20.5 Å². The molecule has 3 N–H and O–H groups in total. The Bertz CT molecular complexity index is 846. The number of rotatable bonds is 6. The summed E-state index contributed by atoms with van der Waals surface area (Å²) in [5.74, 6) is 1.97. The molecule has 0 radical (unpaired) electrons. The summed E-state index contributed by atoms with van der Waals surface area (Å²) in [5.41, 5.74) is 8.19. The van der Waals surface area contributed by atoms with Gasteiger partial charge in [-0.1, -0.05) is 12.1 Å². The normalized spacial score (nSPS) is 10.6. The SMILES string of the molecule is CCOc1cc(Nc2ncnc3ccccc23)c(OCC)cc1N. The molecule has 0 bridgehead atoms. The van der Waals surface area contributed by atoms with Crippen LogP contribution in [0.3, 0.4) is 0 Å². The molecule has 3 aromatic rings. The van der Waals surface area contributed by atoms with Gasteiger partial charge in [-0.2, -0.15) is 0 Å². The highest BCUT2D eigenvalue weighted by molar-refractivity contribution is 5.91. The van der Waals surface area contributed by atoms with E-state index in [0.717, 1.165) is 16.6 Å². The predicted octanol–water partition coefficient (Wildman–Crippen LogP) is 3.75. The van der Waals surface area contributed by atoms with Gasteiger partial charge in [0.05, 0.1) is 30.1 Å². The molecule has 124 valence electrons. The molecule has 24 heavy (non-hydrogen) atoms. The highest BCUT2D eigenvalue weighted by Gasteiger charge is 2.12. The number of nitrogens with zero attached hydrogens (tertiary/aromatic N) is 2. The van der Waals surface area contributed by atoms with E-state index < -0.39 is 0 Å². The molecular weight excluding hydrogens is 304 g/mol. The molecule has 2 aromatic carbocycles. The van der Waals surface area contributed by atoms with Gasteiger partial charge in [-0.3, -0.25) is 0 Å². The number of aromatic nitrogens is 2. The van der Waals surface area contributed by atoms with E-state index in [0.29, 0.717) is 36.2 Å². The van der Waals surface area contributed by atoms with Gasteiger partial charge in [-0.05, 0) is 26.0 Å².